The number of piperidine rings is 1. The number of carbonyl (C=O) groups excluding carboxylic acids is 1. The lowest BCUT2D eigenvalue weighted by Crippen LogP contribution is -2.43. The summed E-state index contributed by atoms with van der Waals surface area (Å²) in [6.07, 6.45) is 5.25. The van der Waals surface area contributed by atoms with E-state index in [-0.39, 0.29) is 12.0 Å². The van der Waals surface area contributed by atoms with Crippen molar-refractivity contribution in [3.05, 3.63) is 24.0 Å². The van der Waals surface area contributed by atoms with E-state index in [2.05, 4.69) is 10.4 Å². The fourth-order valence-corrected chi connectivity index (χ4v) is 2.36. The first-order chi connectivity index (χ1) is 9.26. The van der Waals surface area contributed by atoms with Crippen LogP contribution in [-0.4, -0.2) is 41.6 Å². The molecule has 0 aliphatic carbocycles. The summed E-state index contributed by atoms with van der Waals surface area (Å²) in [5, 5.41) is 0. The minimum absolute atomic E-state index is 0.0505. The number of nitrogens with zero attached hydrogens (tertiary/aromatic N) is 2. The number of aromatic nitrogens is 1. The van der Waals surface area contributed by atoms with Crippen molar-refractivity contribution in [2.45, 2.75) is 25.9 Å². The molecule has 1 aromatic rings. The van der Waals surface area contributed by atoms with Gasteiger partial charge in [-0.15, -0.1) is 0 Å². The second kappa shape index (κ2) is 6.49. The predicted octanol–water partition coefficient (Wildman–Crippen LogP) is 1.01. The van der Waals surface area contributed by atoms with Crippen LogP contribution >= 0.6 is 0 Å². The van der Waals surface area contributed by atoms with Crippen molar-refractivity contribution in [3.63, 3.8) is 0 Å². The standard InChI is InChI=1S/C13H20N4O2/c1-2-19-10-4-3-7-17(9-10)13(18)11-8-15-6-5-12(11)16-14/h5-6,8,10H,2-4,7,9,14H2,1H3,(H,15,16). The fraction of sp³-hybridized carbons (Fsp3) is 0.538. The lowest BCUT2D eigenvalue weighted by molar-refractivity contribution is 0.00726. The van der Waals surface area contributed by atoms with E-state index >= 15 is 0 Å². The summed E-state index contributed by atoms with van der Waals surface area (Å²) < 4.78 is 5.61. The molecule has 2 heterocycles. The van der Waals surface area contributed by atoms with Gasteiger partial charge in [-0.3, -0.25) is 15.6 Å². The highest BCUT2D eigenvalue weighted by Crippen LogP contribution is 2.19. The summed E-state index contributed by atoms with van der Waals surface area (Å²) in [5.74, 6) is 5.37. The molecule has 1 aliphatic heterocycles. The topological polar surface area (TPSA) is 80.5 Å². The molecule has 0 saturated carbocycles. The van der Waals surface area contributed by atoms with E-state index in [4.69, 9.17) is 10.6 Å². The van der Waals surface area contributed by atoms with Gasteiger partial charge in [-0.2, -0.15) is 0 Å². The molecule has 1 aromatic heterocycles. The molecule has 6 heteroatoms. The molecule has 6 nitrogen and oxygen atoms in total. The van der Waals surface area contributed by atoms with Crippen LogP contribution in [0.4, 0.5) is 5.69 Å². The predicted molar refractivity (Wildman–Crippen MR) is 72.6 cm³/mol. The van der Waals surface area contributed by atoms with E-state index in [1.807, 2.05) is 11.8 Å². The summed E-state index contributed by atoms with van der Waals surface area (Å²) >= 11 is 0. The summed E-state index contributed by atoms with van der Waals surface area (Å²) in [5.41, 5.74) is 3.63. The Bertz CT molecular complexity index is 436. The first kappa shape index (κ1) is 13.8. The second-order valence-electron chi connectivity index (χ2n) is 4.54. The van der Waals surface area contributed by atoms with Crippen LogP contribution < -0.4 is 11.3 Å². The molecule has 1 aliphatic rings. The highest BCUT2D eigenvalue weighted by molar-refractivity contribution is 5.99. The van der Waals surface area contributed by atoms with Crippen LogP contribution in [-0.2, 0) is 4.74 Å². The molecule has 2 rings (SSSR count). The number of hydrogen-bond donors (Lipinski definition) is 2. The zero-order valence-electron chi connectivity index (χ0n) is 11.1. The lowest BCUT2D eigenvalue weighted by atomic mass is 10.1. The van der Waals surface area contributed by atoms with E-state index in [1.54, 1.807) is 18.5 Å². The third kappa shape index (κ3) is 3.21. The van der Waals surface area contributed by atoms with E-state index in [0.717, 1.165) is 19.4 Å². The Hall–Kier alpha value is -1.66. The zero-order chi connectivity index (χ0) is 13.7. The largest absolute Gasteiger partial charge is 0.377 e. The van der Waals surface area contributed by atoms with Crippen LogP contribution in [0, 0.1) is 0 Å². The number of hydrogen-bond acceptors (Lipinski definition) is 5. The average Bonchev–Trinajstić information content (AvgIpc) is 2.47. The van der Waals surface area contributed by atoms with Crippen molar-refractivity contribution < 1.29 is 9.53 Å². The number of carbonyl (C=O) groups is 1. The normalized spacial score (nSPS) is 19.3. The molecule has 3 N–H and O–H groups in total. The summed E-state index contributed by atoms with van der Waals surface area (Å²) in [6.45, 7) is 4.03. The quantitative estimate of drug-likeness (QED) is 0.626. The van der Waals surface area contributed by atoms with Gasteiger partial charge in [0.1, 0.15) is 0 Å². The van der Waals surface area contributed by atoms with Crippen LogP contribution in [0.5, 0.6) is 0 Å². The van der Waals surface area contributed by atoms with E-state index in [1.165, 1.54) is 0 Å². The molecule has 19 heavy (non-hydrogen) atoms. The number of rotatable bonds is 4. The van der Waals surface area contributed by atoms with Gasteiger partial charge in [0.2, 0.25) is 0 Å². The minimum Gasteiger partial charge on any atom is -0.377 e. The number of hydrazine groups is 1. The van der Waals surface area contributed by atoms with Gasteiger partial charge in [0, 0.05) is 32.1 Å². The van der Waals surface area contributed by atoms with Gasteiger partial charge in [0.05, 0.1) is 17.4 Å². The monoisotopic (exact) mass is 264 g/mol. The molecule has 1 amide bonds. The fourth-order valence-electron chi connectivity index (χ4n) is 2.36. The number of ether oxygens (including phenoxy) is 1. The Kier molecular flexibility index (Phi) is 4.70. The van der Waals surface area contributed by atoms with Crippen molar-refractivity contribution in [2.75, 3.05) is 25.1 Å². The van der Waals surface area contributed by atoms with Crippen LogP contribution in [0.3, 0.4) is 0 Å². The molecule has 0 bridgehead atoms. The van der Waals surface area contributed by atoms with Crippen LogP contribution in [0.1, 0.15) is 30.1 Å². The average molecular weight is 264 g/mol. The maximum Gasteiger partial charge on any atom is 0.257 e. The first-order valence-electron chi connectivity index (χ1n) is 6.57. The minimum atomic E-state index is -0.0505. The molecular weight excluding hydrogens is 244 g/mol. The smallest absolute Gasteiger partial charge is 0.257 e. The molecule has 0 aromatic carbocycles. The van der Waals surface area contributed by atoms with Crippen LogP contribution in [0.25, 0.3) is 0 Å². The van der Waals surface area contributed by atoms with Crippen molar-refractivity contribution in [1.29, 1.82) is 0 Å². The van der Waals surface area contributed by atoms with E-state index in [0.29, 0.717) is 24.4 Å². The van der Waals surface area contributed by atoms with Gasteiger partial charge in [0.25, 0.3) is 5.91 Å². The van der Waals surface area contributed by atoms with E-state index in [9.17, 15) is 4.79 Å². The maximum atomic E-state index is 12.5. The Balaban J connectivity index is 2.10. The molecule has 1 unspecified atom stereocenters. The van der Waals surface area contributed by atoms with Crippen LogP contribution in [0.15, 0.2) is 18.5 Å². The Morgan fingerprint density at radius 2 is 2.53 bits per heavy atom. The number of anilines is 1. The van der Waals surface area contributed by atoms with Crippen molar-refractivity contribution in [2.24, 2.45) is 5.84 Å². The summed E-state index contributed by atoms with van der Waals surface area (Å²) in [7, 11) is 0. The third-order valence-electron chi connectivity index (χ3n) is 3.27. The van der Waals surface area contributed by atoms with Gasteiger partial charge in [-0.25, -0.2) is 0 Å². The number of pyridine rings is 1. The Labute approximate surface area is 112 Å². The number of amides is 1. The number of nitrogens with two attached hydrogens (primary N) is 1. The maximum absolute atomic E-state index is 12.5. The van der Waals surface area contributed by atoms with Crippen LogP contribution in [0.2, 0.25) is 0 Å². The highest BCUT2D eigenvalue weighted by atomic mass is 16.5. The molecule has 0 spiro atoms. The molecule has 1 atom stereocenters. The van der Waals surface area contributed by atoms with Crippen molar-refractivity contribution in [1.82, 2.24) is 9.88 Å². The molecule has 1 fully saturated rings. The Morgan fingerprint density at radius 1 is 1.68 bits per heavy atom. The van der Waals surface area contributed by atoms with Crippen molar-refractivity contribution >= 4 is 11.6 Å². The summed E-state index contributed by atoms with van der Waals surface area (Å²) in [4.78, 5) is 18.3. The van der Waals surface area contributed by atoms with Gasteiger partial charge >= 0.3 is 0 Å². The number of nitrogens with one attached hydrogen (secondary N) is 1. The van der Waals surface area contributed by atoms with Gasteiger partial charge in [0.15, 0.2) is 0 Å². The number of nitrogen functional groups attached to an aromatic ring is 1. The number of likely N-dealkylation sites (tertiary alicyclic amines) is 1. The highest BCUT2D eigenvalue weighted by Gasteiger charge is 2.26. The van der Waals surface area contributed by atoms with Gasteiger partial charge in [-0.1, -0.05) is 0 Å². The molecule has 104 valence electrons. The molecule has 1 saturated heterocycles. The van der Waals surface area contributed by atoms with Crippen molar-refractivity contribution in [3.8, 4) is 0 Å². The SMILES string of the molecule is CCOC1CCCN(C(=O)c2cnccc2NN)C1. The lowest BCUT2D eigenvalue weighted by Gasteiger charge is -2.32. The first-order valence-corrected chi connectivity index (χ1v) is 6.57. The van der Waals surface area contributed by atoms with Gasteiger partial charge in [-0.05, 0) is 25.8 Å². The second-order valence-corrected chi connectivity index (χ2v) is 4.54. The van der Waals surface area contributed by atoms with E-state index < -0.39 is 0 Å². The molecule has 0 radical (unpaired) electrons. The third-order valence-corrected chi connectivity index (χ3v) is 3.27. The molecular formula is C13H20N4O2. The summed E-state index contributed by atoms with van der Waals surface area (Å²) in [6, 6.07) is 1.69. The zero-order valence-corrected chi connectivity index (χ0v) is 11.1. The Morgan fingerprint density at radius 3 is 3.26 bits per heavy atom. The van der Waals surface area contributed by atoms with Gasteiger partial charge < -0.3 is 15.1 Å².